The predicted octanol–water partition coefficient (Wildman–Crippen LogP) is 1.90. The SMILES string of the molecule is COC(=O)c1cc(F)cc(S)c1. The van der Waals surface area contributed by atoms with Gasteiger partial charge >= 0.3 is 5.97 Å². The quantitative estimate of drug-likeness (QED) is 0.535. The summed E-state index contributed by atoms with van der Waals surface area (Å²) in [4.78, 5) is 11.3. The molecule has 0 amide bonds. The van der Waals surface area contributed by atoms with E-state index in [0.29, 0.717) is 4.90 Å². The predicted molar refractivity (Wildman–Crippen MR) is 45.0 cm³/mol. The van der Waals surface area contributed by atoms with Crippen molar-refractivity contribution in [1.29, 1.82) is 0 Å². The number of halogens is 1. The van der Waals surface area contributed by atoms with Crippen LogP contribution in [0, 0.1) is 5.82 Å². The second-order valence-corrected chi connectivity index (χ2v) is 2.71. The highest BCUT2D eigenvalue weighted by atomic mass is 32.1. The highest BCUT2D eigenvalue weighted by Gasteiger charge is 2.06. The van der Waals surface area contributed by atoms with Crippen LogP contribution < -0.4 is 0 Å². The Morgan fingerprint density at radius 1 is 1.50 bits per heavy atom. The van der Waals surface area contributed by atoms with Crippen LogP contribution in [0.5, 0.6) is 0 Å². The summed E-state index contributed by atoms with van der Waals surface area (Å²) < 4.78 is 17.1. The van der Waals surface area contributed by atoms with E-state index in [1.54, 1.807) is 0 Å². The van der Waals surface area contributed by atoms with E-state index < -0.39 is 11.8 Å². The molecule has 0 aliphatic heterocycles. The van der Waals surface area contributed by atoms with E-state index in [2.05, 4.69) is 17.4 Å². The molecule has 0 bridgehead atoms. The summed E-state index contributed by atoms with van der Waals surface area (Å²) in [5.41, 5.74) is 0.169. The van der Waals surface area contributed by atoms with Gasteiger partial charge in [0, 0.05) is 4.90 Å². The van der Waals surface area contributed by atoms with Crippen LogP contribution in [0.25, 0.3) is 0 Å². The summed E-state index contributed by atoms with van der Waals surface area (Å²) in [6.45, 7) is 0. The molecule has 0 radical (unpaired) electrons. The molecule has 1 aromatic rings. The van der Waals surface area contributed by atoms with E-state index in [0.717, 1.165) is 6.07 Å². The number of methoxy groups -OCH3 is 1. The van der Waals surface area contributed by atoms with Gasteiger partial charge in [-0.15, -0.1) is 12.6 Å². The summed E-state index contributed by atoms with van der Waals surface area (Å²) in [5, 5.41) is 0. The monoisotopic (exact) mass is 186 g/mol. The van der Waals surface area contributed by atoms with E-state index in [4.69, 9.17) is 0 Å². The second kappa shape index (κ2) is 3.58. The molecule has 12 heavy (non-hydrogen) atoms. The van der Waals surface area contributed by atoms with Gasteiger partial charge in [0.05, 0.1) is 12.7 Å². The van der Waals surface area contributed by atoms with Crippen molar-refractivity contribution < 1.29 is 13.9 Å². The lowest BCUT2D eigenvalue weighted by Gasteiger charge is -1.99. The van der Waals surface area contributed by atoms with Crippen LogP contribution >= 0.6 is 12.6 Å². The molecule has 0 fully saturated rings. The first-order chi connectivity index (χ1) is 5.63. The Labute approximate surface area is 74.8 Å². The van der Waals surface area contributed by atoms with Gasteiger partial charge in [0.1, 0.15) is 5.82 Å². The van der Waals surface area contributed by atoms with Gasteiger partial charge < -0.3 is 4.74 Å². The fourth-order valence-corrected chi connectivity index (χ4v) is 1.07. The van der Waals surface area contributed by atoms with Gasteiger partial charge in [0.25, 0.3) is 0 Å². The molecule has 0 unspecified atom stereocenters. The highest BCUT2D eigenvalue weighted by molar-refractivity contribution is 7.80. The zero-order valence-corrected chi connectivity index (χ0v) is 7.27. The third-order valence-electron chi connectivity index (χ3n) is 1.30. The Morgan fingerprint density at radius 3 is 2.67 bits per heavy atom. The van der Waals surface area contributed by atoms with Crippen LogP contribution in [0.15, 0.2) is 23.1 Å². The maximum Gasteiger partial charge on any atom is 0.337 e. The molecule has 0 saturated carbocycles. The number of esters is 1. The van der Waals surface area contributed by atoms with Crippen LogP contribution in [-0.4, -0.2) is 13.1 Å². The second-order valence-electron chi connectivity index (χ2n) is 2.19. The maximum absolute atomic E-state index is 12.7. The first-order valence-electron chi connectivity index (χ1n) is 3.21. The largest absolute Gasteiger partial charge is 0.465 e. The minimum Gasteiger partial charge on any atom is -0.465 e. The lowest BCUT2D eigenvalue weighted by Crippen LogP contribution is -2.01. The molecule has 64 valence electrons. The zero-order valence-electron chi connectivity index (χ0n) is 6.37. The summed E-state index contributed by atoms with van der Waals surface area (Å²) in [6, 6.07) is 3.76. The first kappa shape index (κ1) is 9.06. The summed E-state index contributed by atoms with van der Waals surface area (Å²) in [7, 11) is 1.24. The molecule has 1 aromatic carbocycles. The number of benzene rings is 1. The van der Waals surface area contributed by atoms with Crippen molar-refractivity contribution in [2.75, 3.05) is 7.11 Å². The van der Waals surface area contributed by atoms with Gasteiger partial charge in [-0.3, -0.25) is 0 Å². The van der Waals surface area contributed by atoms with Crippen LogP contribution in [0.4, 0.5) is 4.39 Å². The lowest BCUT2D eigenvalue weighted by molar-refractivity contribution is 0.0600. The number of ether oxygens (including phenoxy) is 1. The zero-order chi connectivity index (χ0) is 9.14. The van der Waals surface area contributed by atoms with Gasteiger partial charge in [-0.2, -0.15) is 0 Å². The van der Waals surface area contributed by atoms with Crippen LogP contribution in [0.1, 0.15) is 10.4 Å². The molecule has 0 aliphatic carbocycles. The van der Waals surface area contributed by atoms with Crippen molar-refractivity contribution in [1.82, 2.24) is 0 Å². The molecular formula is C8H7FO2S. The Hall–Kier alpha value is -1.03. The molecule has 0 aliphatic rings. The number of rotatable bonds is 1. The van der Waals surface area contributed by atoms with Gasteiger partial charge in [-0.25, -0.2) is 9.18 Å². The van der Waals surface area contributed by atoms with Gasteiger partial charge in [0.2, 0.25) is 0 Å². The normalized spacial score (nSPS) is 9.58. The Kier molecular flexibility index (Phi) is 2.70. The average molecular weight is 186 g/mol. The molecule has 0 saturated heterocycles. The molecule has 0 spiro atoms. The van der Waals surface area contributed by atoms with Gasteiger partial charge in [-0.1, -0.05) is 0 Å². The van der Waals surface area contributed by atoms with Crippen LogP contribution in [-0.2, 0) is 4.74 Å². The molecule has 0 atom stereocenters. The van der Waals surface area contributed by atoms with Gasteiger partial charge in [-0.05, 0) is 18.2 Å². The topological polar surface area (TPSA) is 26.3 Å². The number of carbonyl (C=O) groups is 1. The molecule has 1 rings (SSSR count). The third-order valence-corrected chi connectivity index (χ3v) is 1.56. The van der Waals surface area contributed by atoms with E-state index in [9.17, 15) is 9.18 Å². The fraction of sp³-hybridized carbons (Fsp3) is 0.125. The molecule has 0 N–H and O–H groups in total. The van der Waals surface area contributed by atoms with Crippen molar-refractivity contribution in [2.24, 2.45) is 0 Å². The average Bonchev–Trinajstić information content (AvgIpc) is 2.01. The van der Waals surface area contributed by atoms with E-state index in [1.807, 2.05) is 0 Å². The summed E-state index contributed by atoms with van der Waals surface area (Å²) in [5.74, 6) is -1.06. The van der Waals surface area contributed by atoms with Crippen molar-refractivity contribution in [2.45, 2.75) is 4.90 Å². The minimum absolute atomic E-state index is 0.169. The molecule has 2 nitrogen and oxygen atoms in total. The summed E-state index contributed by atoms with van der Waals surface area (Å²) >= 11 is 3.91. The van der Waals surface area contributed by atoms with Gasteiger partial charge in [0.15, 0.2) is 0 Å². The van der Waals surface area contributed by atoms with E-state index in [-0.39, 0.29) is 5.56 Å². The number of carbonyl (C=O) groups excluding carboxylic acids is 1. The standard InChI is InChI=1S/C8H7FO2S/c1-11-8(10)5-2-6(9)4-7(12)3-5/h2-4,12H,1H3. The van der Waals surface area contributed by atoms with Crippen molar-refractivity contribution in [3.05, 3.63) is 29.6 Å². The molecule has 0 aromatic heterocycles. The smallest absolute Gasteiger partial charge is 0.337 e. The number of hydrogen-bond donors (Lipinski definition) is 1. The lowest BCUT2D eigenvalue weighted by atomic mass is 10.2. The van der Waals surface area contributed by atoms with E-state index in [1.165, 1.54) is 19.2 Å². The Morgan fingerprint density at radius 2 is 2.17 bits per heavy atom. The van der Waals surface area contributed by atoms with Crippen molar-refractivity contribution in [3.8, 4) is 0 Å². The molecular weight excluding hydrogens is 179 g/mol. The maximum atomic E-state index is 12.7. The van der Waals surface area contributed by atoms with Crippen molar-refractivity contribution >= 4 is 18.6 Å². The van der Waals surface area contributed by atoms with Crippen LogP contribution in [0.3, 0.4) is 0 Å². The number of thiol groups is 1. The molecule has 0 heterocycles. The van der Waals surface area contributed by atoms with Crippen LogP contribution in [0.2, 0.25) is 0 Å². The Balaban J connectivity index is 3.08. The molecule has 4 heteroatoms. The van der Waals surface area contributed by atoms with E-state index >= 15 is 0 Å². The van der Waals surface area contributed by atoms with Crippen molar-refractivity contribution in [3.63, 3.8) is 0 Å². The first-order valence-corrected chi connectivity index (χ1v) is 3.66. The highest BCUT2D eigenvalue weighted by Crippen LogP contribution is 2.12. The fourth-order valence-electron chi connectivity index (χ4n) is 0.810. The minimum atomic E-state index is -0.565. The third kappa shape index (κ3) is 1.98. The number of hydrogen-bond acceptors (Lipinski definition) is 3. The summed E-state index contributed by atoms with van der Waals surface area (Å²) in [6.07, 6.45) is 0. The Bertz CT molecular complexity index is 292.